The Morgan fingerprint density at radius 2 is 2.29 bits per heavy atom. The van der Waals surface area contributed by atoms with Crippen molar-refractivity contribution in [1.82, 2.24) is 10.2 Å². The van der Waals surface area contributed by atoms with Crippen molar-refractivity contribution in [3.8, 4) is 5.75 Å². The van der Waals surface area contributed by atoms with Crippen molar-refractivity contribution in [2.45, 2.75) is 32.4 Å². The van der Waals surface area contributed by atoms with Gasteiger partial charge in [0.05, 0.1) is 19.8 Å². The second-order valence-electron chi connectivity index (χ2n) is 5.75. The zero-order valence-electron chi connectivity index (χ0n) is 13.7. The molecule has 0 aliphatic carbocycles. The van der Waals surface area contributed by atoms with Crippen LogP contribution in [0.2, 0.25) is 0 Å². The summed E-state index contributed by atoms with van der Waals surface area (Å²) in [4.78, 5) is 2.49. The highest BCUT2D eigenvalue weighted by molar-refractivity contribution is 5.39. The van der Waals surface area contributed by atoms with Crippen molar-refractivity contribution in [2.75, 3.05) is 40.4 Å². The topological polar surface area (TPSA) is 33.7 Å². The van der Waals surface area contributed by atoms with Gasteiger partial charge in [0.25, 0.3) is 0 Å². The van der Waals surface area contributed by atoms with Gasteiger partial charge in [0, 0.05) is 31.2 Å². The van der Waals surface area contributed by atoms with E-state index in [9.17, 15) is 0 Å². The lowest BCUT2D eigenvalue weighted by molar-refractivity contribution is -0.0321. The molecule has 0 amide bonds. The maximum Gasteiger partial charge on any atom is 0.123 e. The number of morpholine rings is 1. The van der Waals surface area contributed by atoms with Gasteiger partial charge in [0.15, 0.2) is 0 Å². The Bertz CT molecular complexity index is 450. The Morgan fingerprint density at radius 1 is 1.48 bits per heavy atom. The molecule has 2 atom stereocenters. The van der Waals surface area contributed by atoms with Crippen LogP contribution >= 0.6 is 0 Å². The first-order valence-electron chi connectivity index (χ1n) is 7.83. The molecule has 1 fully saturated rings. The number of rotatable bonds is 6. The first-order chi connectivity index (χ1) is 10.2. The Morgan fingerprint density at radius 3 is 2.95 bits per heavy atom. The van der Waals surface area contributed by atoms with Crippen molar-refractivity contribution >= 4 is 0 Å². The fourth-order valence-electron chi connectivity index (χ4n) is 2.92. The lowest BCUT2D eigenvalue weighted by Gasteiger charge is -2.35. The number of aryl methyl sites for hydroxylation is 1. The van der Waals surface area contributed by atoms with Gasteiger partial charge in [0.2, 0.25) is 0 Å². The fourth-order valence-corrected chi connectivity index (χ4v) is 2.92. The predicted octanol–water partition coefficient (Wildman–Crippen LogP) is 2.37. The Balaban J connectivity index is 2.10. The molecule has 0 saturated carbocycles. The fraction of sp³-hybridized carbons (Fsp3) is 0.647. The molecule has 1 aliphatic rings. The summed E-state index contributed by atoms with van der Waals surface area (Å²) in [6, 6.07) is 6.65. The monoisotopic (exact) mass is 292 g/mol. The third kappa shape index (κ3) is 4.19. The Kier molecular flexibility index (Phi) is 6.03. The largest absolute Gasteiger partial charge is 0.496 e. The highest BCUT2D eigenvalue weighted by Crippen LogP contribution is 2.27. The number of likely N-dealkylation sites (N-methyl/N-ethyl adjacent to an activating group) is 1. The number of ether oxygens (including phenoxy) is 2. The summed E-state index contributed by atoms with van der Waals surface area (Å²) in [6.45, 7) is 8.15. The molecule has 1 aliphatic heterocycles. The number of hydrogen-bond acceptors (Lipinski definition) is 4. The zero-order chi connectivity index (χ0) is 15.2. The summed E-state index contributed by atoms with van der Waals surface area (Å²) in [5, 5.41) is 3.44. The van der Waals surface area contributed by atoms with Crippen molar-refractivity contribution in [3.63, 3.8) is 0 Å². The van der Waals surface area contributed by atoms with E-state index in [1.54, 1.807) is 7.11 Å². The number of nitrogens with zero attached hydrogens (tertiary/aromatic N) is 1. The first-order valence-corrected chi connectivity index (χ1v) is 7.83. The molecular formula is C17H28N2O2. The summed E-state index contributed by atoms with van der Waals surface area (Å²) < 4.78 is 11.3. The van der Waals surface area contributed by atoms with E-state index >= 15 is 0 Å². The van der Waals surface area contributed by atoms with Crippen LogP contribution in [0.15, 0.2) is 18.2 Å². The Hall–Kier alpha value is -1.10. The molecule has 1 saturated heterocycles. The molecule has 0 aromatic heterocycles. The predicted molar refractivity (Wildman–Crippen MR) is 86.0 cm³/mol. The van der Waals surface area contributed by atoms with Crippen molar-refractivity contribution in [3.05, 3.63) is 29.3 Å². The highest BCUT2D eigenvalue weighted by atomic mass is 16.5. The van der Waals surface area contributed by atoms with Gasteiger partial charge in [-0.2, -0.15) is 0 Å². The summed E-state index contributed by atoms with van der Waals surface area (Å²) in [5.41, 5.74) is 2.50. The number of hydrogen-bond donors (Lipinski definition) is 1. The van der Waals surface area contributed by atoms with Crippen LogP contribution in [-0.4, -0.2) is 51.4 Å². The molecule has 1 heterocycles. The lowest BCUT2D eigenvalue weighted by atomic mass is 10.0. The molecule has 4 nitrogen and oxygen atoms in total. The molecule has 0 spiro atoms. The zero-order valence-corrected chi connectivity index (χ0v) is 13.7. The minimum atomic E-state index is 0.274. The molecule has 1 N–H and O–H groups in total. The van der Waals surface area contributed by atoms with Crippen LogP contribution in [0.4, 0.5) is 0 Å². The van der Waals surface area contributed by atoms with Gasteiger partial charge in [-0.3, -0.25) is 4.90 Å². The van der Waals surface area contributed by atoms with Gasteiger partial charge >= 0.3 is 0 Å². The molecule has 2 unspecified atom stereocenters. The standard InChI is InChI=1S/C17H28N2O2/c1-5-14-11-19(8-9-21-14)12-16(18-3)15-10-13(2)6-7-17(15)20-4/h6-7,10,14,16,18H,5,8-9,11-12H2,1-4H3. The van der Waals surface area contributed by atoms with Crippen LogP contribution in [0.5, 0.6) is 5.75 Å². The number of methoxy groups -OCH3 is 1. The van der Waals surface area contributed by atoms with E-state index in [-0.39, 0.29) is 6.04 Å². The third-order valence-corrected chi connectivity index (χ3v) is 4.23. The molecule has 4 heteroatoms. The van der Waals surface area contributed by atoms with Gasteiger partial charge < -0.3 is 14.8 Å². The molecule has 1 aromatic carbocycles. The molecule has 1 aromatic rings. The summed E-state index contributed by atoms with van der Waals surface area (Å²) in [6.07, 6.45) is 1.45. The van der Waals surface area contributed by atoms with Gasteiger partial charge in [-0.15, -0.1) is 0 Å². The maximum absolute atomic E-state index is 5.76. The van der Waals surface area contributed by atoms with E-state index in [0.717, 1.165) is 38.4 Å². The van der Waals surface area contributed by atoms with E-state index < -0.39 is 0 Å². The second-order valence-corrected chi connectivity index (χ2v) is 5.75. The minimum Gasteiger partial charge on any atom is -0.496 e. The van der Waals surface area contributed by atoms with E-state index in [4.69, 9.17) is 9.47 Å². The number of nitrogens with one attached hydrogen (secondary N) is 1. The van der Waals surface area contributed by atoms with Crippen LogP contribution in [0.3, 0.4) is 0 Å². The van der Waals surface area contributed by atoms with Crippen molar-refractivity contribution in [1.29, 1.82) is 0 Å². The summed E-state index contributed by atoms with van der Waals surface area (Å²) in [7, 11) is 3.76. The van der Waals surface area contributed by atoms with Crippen molar-refractivity contribution in [2.24, 2.45) is 0 Å². The van der Waals surface area contributed by atoms with Crippen LogP contribution in [0.1, 0.15) is 30.5 Å². The molecule has 21 heavy (non-hydrogen) atoms. The summed E-state index contributed by atoms with van der Waals surface area (Å²) in [5.74, 6) is 0.959. The van der Waals surface area contributed by atoms with Gasteiger partial charge in [-0.05, 0) is 26.5 Å². The quantitative estimate of drug-likeness (QED) is 0.873. The molecular weight excluding hydrogens is 264 g/mol. The average Bonchev–Trinajstić information content (AvgIpc) is 2.52. The maximum atomic E-state index is 5.76. The van der Waals surface area contributed by atoms with E-state index in [1.165, 1.54) is 11.1 Å². The van der Waals surface area contributed by atoms with Gasteiger partial charge in [0.1, 0.15) is 5.75 Å². The SMILES string of the molecule is CCC1CN(CC(NC)c2cc(C)ccc2OC)CCO1. The molecule has 2 rings (SSSR count). The van der Waals surface area contributed by atoms with Gasteiger partial charge in [-0.25, -0.2) is 0 Å². The van der Waals surface area contributed by atoms with Crippen LogP contribution < -0.4 is 10.1 Å². The molecule has 0 radical (unpaired) electrons. The van der Waals surface area contributed by atoms with E-state index in [1.807, 2.05) is 7.05 Å². The molecule has 118 valence electrons. The highest BCUT2D eigenvalue weighted by Gasteiger charge is 2.23. The van der Waals surface area contributed by atoms with Crippen molar-refractivity contribution < 1.29 is 9.47 Å². The van der Waals surface area contributed by atoms with Crippen LogP contribution in [-0.2, 0) is 4.74 Å². The smallest absolute Gasteiger partial charge is 0.123 e. The minimum absolute atomic E-state index is 0.274. The summed E-state index contributed by atoms with van der Waals surface area (Å²) >= 11 is 0. The molecule has 0 bridgehead atoms. The van der Waals surface area contributed by atoms with Gasteiger partial charge in [-0.1, -0.05) is 24.6 Å². The average molecular weight is 292 g/mol. The lowest BCUT2D eigenvalue weighted by Crippen LogP contribution is -2.45. The normalized spacial score (nSPS) is 21.2. The second kappa shape index (κ2) is 7.78. The van der Waals surface area contributed by atoms with E-state index in [2.05, 4.69) is 42.3 Å². The van der Waals surface area contributed by atoms with Crippen LogP contribution in [0, 0.1) is 6.92 Å². The third-order valence-electron chi connectivity index (χ3n) is 4.23. The Labute approximate surface area is 128 Å². The van der Waals surface area contributed by atoms with E-state index in [0.29, 0.717) is 6.10 Å². The first kappa shape index (κ1) is 16.3. The van der Waals surface area contributed by atoms with Crippen LogP contribution in [0.25, 0.3) is 0 Å². The number of benzene rings is 1.